The summed E-state index contributed by atoms with van der Waals surface area (Å²) in [7, 11) is 1.53. The van der Waals surface area contributed by atoms with E-state index in [0.717, 1.165) is 63.0 Å². The number of aromatic nitrogens is 3. The van der Waals surface area contributed by atoms with Crippen molar-refractivity contribution in [2.75, 3.05) is 48.5 Å². The molecule has 2 saturated heterocycles. The van der Waals surface area contributed by atoms with Crippen LogP contribution < -0.4 is 24.7 Å². The molecule has 0 spiro atoms. The summed E-state index contributed by atoms with van der Waals surface area (Å²) < 4.78 is 11.7. The quantitative estimate of drug-likeness (QED) is 0.152. The summed E-state index contributed by atoms with van der Waals surface area (Å²) in [6.07, 6.45) is 8.66. The third-order valence-corrected chi connectivity index (χ3v) is 7.59. The number of ether oxygens (including phenoxy) is 2. The predicted molar refractivity (Wildman–Crippen MR) is 160 cm³/mol. The Kier molecular flexibility index (Phi) is 9.10. The highest BCUT2D eigenvalue weighted by Gasteiger charge is 2.21. The van der Waals surface area contributed by atoms with E-state index in [-0.39, 0.29) is 0 Å². The van der Waals surface area contributed by atoms with Gasteiger partial charge >= 0.3 is 5.97 Å². The number of methoxy groups -OCH3 is 1. The largest absolute Gasteiger partial charge is 0.493 e. The maximum Gasteiger partial charge on any atom is 0.343 e. The van der Waals surface area contributed by atoms with Gasteiger partial charge in [-0.05, 0) is 91.2 Å². The first-order chi connectivity index (χ1) is 19.5. The predicted octanol–water partition coefficient (Wildman–Crippen LogP) is 5.60. The molecule has 0 aliphatic carbocycles. The smallest absolute Gasteiger partial charge is 0.343 e. The molecular formula is C29H34BrN7O3. The number of halogens is 1. The number of piperidine rings is 2. The lowest BCUT2D eigenvalue weighted by atomic mass is 10.1. The molecule has 0 saturated carbocycles. The van der Waals surface area contributed by atoms with Crippen molar-refractivity contribution in [3.63, 3.8) is 0 Å². The van der Waals surface area contributed by atoms with Gasteiger partial charge in [0, 0.05) is 26.2 Å². The van der Waals surface area contributed by atoms with Gasteiger partial charge in [0.05, 0.1) is 23.4 Å². The van der Waals surface area contributed by atoms with Gasteiger partial charge in [-0.3, -0.25) is 0 Å². The first kappa shape index (κ1) is 27.8. The zero-order chi connectivity index (χ0) is 27.9. The molecular weight excluding hydrogens is 574 g/mol. The molecule has 210 valence electrons. The molecule has 11 heteroatoms. The number of anilines is 3. The molecule has 0 radical (unpaired) electrons. The molecule has 1 N–H and O–H groups in total. The molecule has 2 fully saturated rings. The minimum absolute atomic E-state index is 0.299. The Labute approximate surface area is 242 Å². The number of esters is 1. The molecule has 2 aliphatic heterocycles. The Morgan fingerprint density at radius 2 is 1.52 bits per heavy atom. The van der Waals surface area contributed by atoms with E-state index in [1.54, 1.807) is 30.5 Å². The van der Waals surface area contributed by atoms with Gasteiger partial charge in [0.1, 0.15) is 0 Å². The number of nitrogens with zero attached hydrogens (tertiary/aromatic N) is 6. The van der Waals surface area contributed by atoms with Crippen LogP contribution in [0.25, 0.3) is 0 Å². The van der Waals surface area contributed by atoms with Crippen LogP contribution in [0.15, 0.2) is 46.0 Å². The third kappa shape index (κ3) is 6.88. The molecule has 0 unspecified atom stereocenters. The van der Waals surface area contributed by atoms with Crippen LogP contribution in [0.1, 0.15) is 60.0 Å². The average Bonchev–Trinajstić information content (AvgIpc) is 2.99. The molecule has 0 bridgehead atoms. The van der Waals surface area contributed by atoms with Gasteiger partial charge in [-0.1, -0.05) is 17.7 Å². The fourth-order valence-electron chi connectivity index (χ4n) is 4.79. The summed E-state index contributed by atoms with van der Waals surface area (Å²) in [6, 6.07) is 10.8. The summed E-state index contributed by atoms with van der Waals surface area (Å²) in [4.78, 5) is 31.3. The van der Waals surface area contributed by atoms with Gasteiger partial charge in [0.25, 0.3) is 0 Å². The van der Waals surface area contributed by atoms with E-state index in [9.17, 15) is 4.79 Å². The minimum Gasteiger partial charge on any atom is -0.493 e. The van der Waals surface area contributed by atoms with Crippen LogP contribution in [0.3, 0.4) is 0 Å². The summed E-state index contributed by atoms with van der Waals surface area (Å²) in [5.74, 6) is 2.02. The molecule has 10 nitrogen and oxygen atoms in total. The highest BCUT2D eigenvalue weighted by atomic mass is 79.9. The number of carbonyl (C=O) groups is 1. The van der Waals surface area contributed by atoms with Gasteiger partial charge in [0.2, 0.25) is 17.8 Å². The zero-order valence-electron chi connectivity index (χ0n) is 22.9. The van der Waals surface area contributed by atoms with E-state index >= 15 is 0 Å². The van der Waals surface area contributed by atoms with Crippen molar-refractivity contribution in [3.8, 4) is 11.5 Å². The number of aryl methyl sites for hydroxylation is 1. The number of nitrogens with one attached hydrogen (secondary N) is 1. The molecule has 3 aromatic rings. The van der Waals surface area contributed by atoms with E-state index in [1.165, 1.54) is 20.0 Å². The fourth-order valence-corrected chi connectivity index (χ4v) is 5.33. The number of carbonyl (C=O) groups excluding carboxylic acids is 1. The Morgan fingerprint density at radius 3 is 2.10 bits per heavy atom. The van der Waals surface area contributed by atoms with Gasteiger partial charge in [-0.25, -0.2) is 10.2 Å². The Balaban J connectivity index is 1.33. The highest BCUT2D eigenvalue weighted by Crippen LogP contribution is 2.37. The summed E-state index contributed by atoms with van der Waals surface area (Å²) in [5.41, 5.74) is 5.25. The lowest BCUT2D eigenvalue weighted by Crippen LogP contribution is -2.34. The Morgan fingerprint density at radius 1 is 0.925 bits per heavy atom. The molecule has 3 heterocycles. The van der Waals surface area contributed by atoms with Crippen LogP contribution in [0.2, 0.25) is 0 Å². The Hall–Kier alpha value is -3.73. The second-order valence-electron chi connectivity index (χ2n) is 10.0. The molecule has 2 aliphatic rings. The third-order valence-electron chi connectivity index (χ3n) is 7.00. The van der Waals surface area contributed by atoms with Crippen LogP contribution in [0.4, 0.5) is 17.8 Å². The molecule has 1 aromatic heterocycles. The summed E-state index contributed by atoms with van der Waals surface area (Å²) in [6.45, 7) is 5.75. The van der Waals surface area contributed by atoms with E-state index < -0.39 is 5.97 Å². The van der Waals surface area contributed by atoms with Crippen LogP contribution in [-0.2, 0) is 0 Å². The first-order valence-electron chi connectivity index (χ1n) is 13.7. The van der Waals surface area contributed by atoms with Crippen LogP contribution in [0, 0.1) is 6.92 Å². The van der Waals surface area contributed by atoms with E-state index in [4.69, 9.17) is 14.5 Å². The van der Waals surface area contributed by atoms with Crippen molar-refractivity contribution in [1.29, 1.82) is 0 Å². The van der Waals surface area contributed by atoms with E-state index in [0.29, 0.717) is 39.4 Å². The number of rotatable bonds is 8. The van der Waals surface area contributed by atoms with Gasteiger partial charge in [0.15, 0.2) is 11.5 Å². The molecule has 0 atom stereocenters. The Bertz CT molecular complexity index is 1320. The van der Waals surface area contributed by atoms with Crippen LogP contribution in [0.5, 0.6) is 11.5 Å². The van der Waals surface area contributed by atoms with Crippen LogP contribution in [-0.4, -0.2) is 60.4 Å². The van der Waals surface area contributed by atoms with Gasteiger partial charge in [-0.15, -0.1) is 0 Å². The number of hydrazone groups is 1. The second kappa shape index (κ2) is 13.1. The van der Waals surface area contributed by atoms with Crippen molar-refractivity contribution in [2.45, 2.75) is 45.4 Å². The maximum absolute atomic E-state index is 12.7. The second-order valence-corrected chi connectivity index (χ2v) is 10.9. The number of hydrogen-bond acceptors (Lipinski definition) is 10. The molecule has 0 amide bonds. The monoisotopic (exact) mass is 607 g/mol. The highest BCUT2D eigenvalue weighted by molar-refractivity contribution is 9.10. The molecule has 5 rings (SSSR count). The van der Waals surface area contributed by atoms with Crippen molar-refractivity contribution in [1.82, 2.24) is 15.0 Å². The lowest BCUT2D eigenvalue weighted by molar-refractivity contribution is 0.0728. The first-order valence-corrected chi connectivity index (χ1v) is 14.5. The normalized spacial score (nSPS) is 15.8. The standard InChI is InChI=1S/C29H34BrN7O3/c1-20-9-11-22(12-10-20)26(38)40-25-23(30)17-21(18-24(25)39-2)19-31-35-27-32-28(36-13-5-3-6-14-36)34-29(33-27)37-15-7-4-8-16-37/h9-12,17-19H,3-8,13-16H2,1-2H3,(H,32,33,34,35)/b31-19-. The SMILES string of the molecule is COc1cc(/C=N\Nc2nc(N3CCCCC3)nc(N3CCCCC3)n2)cc(Br)c1OC(=O)c1ccc(C)cc1. The van der Waals surface area contributed by atoms with Crippen molar-refractivity contribution < 1.29 is 14.3 Å². The molecule has 2 aromatic carbocycles. The maximum atomic E-state index is 12.7. The number of benzene rings is 2. The lowest BCUT2D eigenvalue weighted by Gasteiger charge is -2.30. The fraction of sp³-hybridized carbons (Fsp3) is 0.414. The van der Waals surface area contributed by atoms with E-state index in [1.807, 2.05) is 19.1 Å². The van der Waals surface area contributed by atoms with Crippen molar-refractivity contribution in [2.24, 2.45) is 5.10 Å². The topological polar surface area (TPSA) is 105 Å². The summed E-state index contributed by atoms with van der Waals surface area (Å²) >= 11 is 3.51. The summed E-state index contributed by atoms with van der Waals surface area (Å²) in [5, 5.41) is 4.40. The van der Waals surface area contributed by atoms with E-state index in [2.05, 4.69) is 46.2 Å². The number of hydrogen-bond donors (Lipinski definition) is 1. The molecule has 40 heavy (non-hydrogen) atoms. The van der Waals surface area contributed by atoms with Crippen molar-refractivity contribution >= 4 is 46.0 Å². The minimum atomic E-state index is -0.467. The van der Waals surface area contributed by atoms with Gasteiger partial charge < -0.3 is 19.3 Å². The zero-order valence-corrected chi connectivity index (χ0v) is 24.5. The van der Waals surface area contributed by atoms with Gasteiger partial charge in [-0.2, -0.15) is 20.1 Å². The average molecular weight is 609 g/mol. The van der Waals surface area contributed by atoms with Crippen LogP contribution >= 0.6 is 15.9 Å². The van der Waals surface area contributed by atoms with Crippen molar-refractivity contribution in [3.05, 3.63) is 57.6 Å².